The lowest BCUT2D eigenvalue weighted by Gasteiger charge is -2.28. The summed E-state index contributed by atoms with van der Waals surface area (Å²) in [6, 6.07) is 12.3. The van der Waals surface area contributed by atoms with E-state index in [4.69, 9.17) is 4.74 Å². The van der Waals surface area contributed by atoms with Gasteiger partial charge < -0.3 is 19.9 Å². The Morgan fingerprint density at radius 3 is 2.57 bits per heavy atom. The Balaban J connectivity index is 1.54. The zero-order valence-corrected chi connectivity index (χ0v) is 16.0. The van der Waals surface area contributed by atoms with Crippen LogP contribution in [0.15, 0.2) is 36.5 Å². The first-order valence-corrected chi connectivity index (χ1v) is 9.28. The number of aromatic amines is 1. The molecular weight excluding hydrogens is 352 g/mol. The highest BCUT2D eigenvalue weighted by Crippen LogP contribution is 2.28. The number of hydrogen-bond donors (Lipinski definition) is 2. The molecule has 0 bridgehead atoms. The van der Waals surface area contributed by atoms with Crippen molar-refractivity contribution >= 4 is 17.3 Å². The van der Waals surface area contributed by atoms with E-state index in [1.54, 1.807) is 6.20 Å². The van der Waals surface area contributed by atoms with E-state index >= 15 is 0 Å². The SMILES string of the molecule is Cc1[nH]c(C#N)c(C)c1-c1ccnc(Nc2ccc(N3CCOCC3)cc2)n1. The molecule has 0 saturated carbocycles. The van der Waals surface area contributed by atoms with Crippen LogP contribution in [0.4, 0.5) is 17.3 Å². The Hall–Kier alpha value is -3.37. The van der Waals surface area contributed by atoms with Crippen LogP contribution in [-0.4, -0.2) is 41.3 Å². The molecule has 0 atom stereocenters. The van der Waals surface area contributed by atoms with Gasteiger partial charge in [0, 0.05) is 41.9 Å². The van der Waals surface area contributed by atoms with Gasteiger partial charge in [-0.3, -0.25) is 0 Å². The Bertz CT molecular complexity index is 1010. The van der Waals surface area contributed by atoms with Crippen molar-refractivity contribution in [2.75, 3.05) is 36.5 Å². The summed E-state index contributed by atoms with van der Waals surface area (Å²) in [5, 5.41) is 12.5. The summed E-state index contributed by atoms with van der Waals surface area (Å²) >= 11 is 0. The molecule has 0 spiro atoms. The number of nitriles is 1. The monoisotopic (exact) mass is 374 g/mol. The lowest BCUT2D eigenvalue weighted by Crippen LogP contribution is -2.36. The molecule has 1 fully saturated rings. The number of nitrogens with one attached hydrogen (secondary N) is 2. The predicted molar refractivity (Wildman–Crippen MR) is 109 cm³/mol. The maximum atomic E-state index is 9.23. The zero-order valence-electron chi connectivity index (χ0n) is 16.0. The third-order valence-corrected chi connectivity index (χ3v) is 4.96. The normalized spacial score (nSPS) is 14.0. The zero-order chi connectivity index (χ0) is 19.5. The highest BCUT2D eigenvalue weighted by molar-refractivity contribution is 5.70. The van der Waals surface area contributed by atoms with Crippen LogP contribution in [0.3, 0.4) is 0 Å². The van der Waals surface area contributed by atoms with Crippen molar-refractivity contribution in [1.29, 1.82) is 5.26 Å². The third-order valence-electron chi connectivity index (χ3n) is 4.96. The molecule has 3 aromatic rings. The van der Waals surface area contributed by atoms with Crippen LogP contribution in [0.1, 0.15) is 17.0 Å². The highest BCUT2D eigenvalue weighted by Gasteiger charge is 2.15. The van der Waals surface area contributed by atoms with Crippen LogP contribution < -0.4 is 10.2 Å². The van der Waals surface area contributed by atoms with E-state index in [0.29, 0.717) is 11.6 Å². The number of anilines is 3. The predicted octanol–water partition coefficient (Wildman–Crippen LogP) is 3.54. The van der Waals surface area contributed by atoms with E-state index in [1.165, 1.54) is 5.69 Å². The third kappa shape index (κ3) is 3.55. The Morgan fingerprint density at radius 2 is 1.89 bits per heavy atom. The molecule has 7 nitrogen and oxygen atoms in total. The molecule has 3 heterocycles. The van der Waals surface area contributed by atoms with Gasteiger partial charge in [-0.1, -0.05) is 0 Å². The Morgan fingerprint density at radius 1 is 1.14 bits per heavy atom. The number of ether oxygens (including phenoxy) is 1. The van der Waals surface area contributed by atoms with Crippen molar-refractivity contribution in [3.05, 3.63) is 53.5 Å². The van der Waals surface area contributed by atoms with Crippen molar-refractivity contribution in [2.24, 2.45) is 0 Å². The first-order chi connectivity index (χ1) is 13.7. The summed E-state index contributed by atoms with van der Waals surface area (Å²) in [5.41, 5.74) is 6.24. The van der Waals surface area contributed by atoms with Crippen LogP contribution in [0.5, 0.6) is 0 Å². The summed E-state index contributed by atoms with van der Waals surface area (Å²) in [7, 11) is 0. The Kier molecular flexibility index (Phi) is 4.96. The molecule has 4 rings (SSSR count). The molecule has 7 heteroatoms. The molecular formula is C21H22N6O. The van der Waals surface area contributed by atoms with Gasteiger partial charge in [0.05, 0.1) is 18.9 Å². The fraction of sp³-hybridized carbons (Fsp3) is 0.286. The quantitative estimate of drug-likeness (QED) is 0.726. The number of benzene rings is 1. The summed E-state index contributed by atoms with van der Waals surface area (Å²) in [6.45, 7) is 7.24. The van der Waals surface area contributed by atoms with Gasteiger partial charge in [0.15, 0.2) is 0 Å². The van der Waals surface area contributed by atoms with E-state index in [1.807, 2.05) is 32.0 Å². The number of rotatable bonds is 4. The van der Waals surface area contributed by atoms with Crippen LogP contribution >= 0.6 is 0 Å². The summed E-state index contributed by atoms with van der Waals surface area (Å²) < 4.78 is 5.41. The molecule has 1 saturated heterocycles. The van der Waals surface area contributed by atoms with Gasteiger partial charge in [-0.2, -0.15) is 5.26 Å². The van der Waals surface area contributed by atoms with Gasteiger partial charge in [0.2, 0.25) is 5.95 Å². The molecule has 2 N–H and O–H groups in total. The lowest BCUT2D eigenvalue weighted by atomic mass is 10.1. The van der Waals surface area contributed by atoms with Crippen LogP contribution in [0.2, 0.25) is 0 Å². The van der Waals surface area contributed by atoms with E-state index in [2.05, 4.69) is 43.4 Å². The van der Waals surface area contributed by atoms with Crippen molar-refractivity contribution in [3.8, 4) is 17.3 Å². The fourth-order valence-electron chi connectivity index (χ4n) is 3.51. The number of aryl methyl sites for hydroxylation is 1. The molecule has 0 amide bonds. The second-order valence-corrected chi connectivity index (χ2v) is 6.77. The minimum atomic E-state index is 0.523. The Labute approximate surface area is 164 Å². The van der Waals surface area contributed by atoms with Gasteiger partial charge in [0.25, 0.3) is 0 Å². The van der Waals surface area contributed by atoms with Gasteiger partial charge >= 0.3 is 0 Å². The van der Waals surface area contributed by atoms with E-state index in [-0.39, 0.29) is 0 Å². The smallest absolute Gasteiger partial charge is 0.227 e. The van der Waals surface area contributed by atoms with Gasteiger partial charge in [-0.05, 0) is 49.7 Å². The van der Waals surface area contributed by atoms with Crippen LogP contribution in [0, 0.1) is 25.2 Å². The number of hydrogen-bond acceptors (Lipinski definition) is 6. The van der Waals surface area contributed by atoms with Crippen molar-refractivity contribution in [2.45, 2.75) is 13.8 Å². The van der Waals surface area contributed by atoms with Gasteiger partial charge in [-0.25, -0.2) is 9.97 Å². The maximum Gasteiger partial charge on any atom is 0.227 e. The van der Waals surface area contributed by atoms with Gasteiger partial charge in [0.1, 0.15) is 11.8 Å². The van der Waals surface area contributed by atoms with E-state index < -0.39 is 0 Å². The largest absolute Gasteiger partial charge is 0.378 e. The highest BCUT2D eigenvalue weighted by atomic mass is 16.5. The number of nitrogens with zero attached hydrogens (tertiary/aromatic N) is 4. The number of morpholine rings is 1. The molecule has 28 heavy (non-hydrogen) atoms. The molecule has 0 aliphatic carbocycles. The molecule has 2 aromatic heterocycles. The van der Waals surface area contributed by atoms with Crippen molar-refractivity contribution < 1.29 is 4.74 Å². The summed E-state index contributed by atoms with van der Waals surface area (Å²) in [6.07, 6.45) is 1.73. The first-order valence-electron chi connectivity index (χ1n) is 9.28. The van der Waals surface area contributed by atoms with Crippen molar-refractivity contribution in [1.82, 2.24) is 15.0 Å². The summed E-state index contributed by atoms with van der Waals surface area (Å²) in [5.74, 6) is 0.523. The minimum absolute atomic E-state index is 0.523. The molecule has 0 unspecified atom stereocenters. The molecule has 142 valence electrons. The second kappa shape index (κ2) is 7.71. The molecule has 1 aliphatic heterocycles. The first kappa shape index (κ1) is 18.0. The van der Waals surface area contributed by atoms with Crippen LogP contribution in [-0.2, 0) is 4.74 Å². The van der Waals surface area contributed by atoms with Crippen molar-refractivity contribution in [3.63, 3.8) is 0 Å². The topological polar surface area (TPSA) is 89.9 Å². The lowest BCUT2D eigenvalue weighted by molar-refractivity contribution is 0.122. The van der Waals surface area contributed by atoms with Crippen LogP contribution in [0.25, 0.3) is 11.3 Å². The molecule has 0 radical (unpaired) electrons. The van der Waals surface area contributed by atoms with Gasteiger partial charge in [-0.15, -0.1) is 0 Å². The molecule has 1 aromatic carbocycles. The summed E-state index contributed by atoms with van der Waals surface area (Å²) in [4.78, 5) is 14.4. The standard InChI is InChI=1S/C21H22N6O/c1-14-19(13-22)24-15(2)20(14)18-7-8-23-21(26-18)25-16-3-5-17(6-4-16)27-9-11-28-12-10-27/h3-8,24H,9-12H2,1-2H3,(H,23,25,26). The van der Waals surface area contributed by atoms with E-state index in [0.717, 1.165) is 54.5 Å². The fourth-order valence-corrected chi connectivity index (χ4v) is 3.51. The number of aromatic nitrogens is 3. The minimum Gasteiger partial charge on any atom is -0.378 e. The second-order valence-electron chi connectivity index (χ2n) is 6.77. The average Bonchev–Trinajstić information content (AvgIpc) is 3.02. The molecule has 1 aliphatic rings. The van der Waals surface area contributed by atoms with E-state index in [9.17, 15) is 5.26 Å². The maximum absolute atomic E-state index is 9.23. The average molecular weight is 374 g/mol. The number of H-pyrrole nitrogens is 1.